The molecule has 4 N–H and O–H groups in total. The number of aliphatic imine (C=N–C) groups is 1. The number of aromatic nitrogens is 1. The van der Waals surface area contributed by atoms with E-state index < -0.39 is 47.1 Å². The molecular weight excluding hydrogens is 853 g/mol. The molecule has 5 amide bonds. The molecule has 348 valence electrons. The zero-order chi connectivity index (χ0) is 46.2. The summed E-state index contributed by atoms with van der Waals surface area (Å²) in [6.45, 7) is 22.0. The van der Waals surface area contributed by atoms with Gasteiger partial charge in [0.25, 0.3) is 0 Å². The number of carbonyl (C=O) groups is 4. The molecule has 16 heteroatoms. The molecule has 0 spiro atoms. The molecule has 5 heterocycles. The van der Waals surface area contributed by atoms with Gasteiger partial charge in [0.1, 0.15) is 11.7 Å². The fourth-order valence-electron chi connectivity index (χ4n) is 10.2. The predicted molar refractivity (Wildman–Crippen MR) is 259 cm³/mol. The van der Waals surface area contributed by atoms with Gasteiger partial charge in [0.15, 0.2) is 35.1 Å². The van der Waals surface area contributed by atoms with Crippen molar-refractivity contribution in [3.05, 3.63) is 51.6 Å². The van der Waals surface area contributed by atoms with Crippen LogP contribution in [0.2, 0.25) is 0 Å². The lowest BCUT2D eigenvalue weighted by atomic mass is 9.81. The van der Waals surface area contributed by atoms with Crippen LogP contribution < -0.4 is 25.5 Å². The van der Waals surface area contributed by atoms with Crippen molar-refractivity contribution in [3.63, 3.8) is 0 Å². The SMILES string of the molecule is CCCC1(C[C@H](c2nccs2)[N+]2(C)C(=O)C(NC(=O)C(N=C3NC(=O)N4CC[C@@H](C)[C@H]4CC(=O)N[C@@H](C(C)C)[NH+]([O-])C3C(C)(C)C)C(C)(C)C)C(C)c3ccccc32)SCCCS1. The smallest absolute Gasteiger partial charge is 0.342 e. The van der Waals surface area contributed by atoms with E-state index in [4.69, 9.17) is 9.98 Å². The second-order valence-electron chi connectivity index (χ2n) is 21.0. The van der Waals surface area contributed by atoms with Crippen molar-refractivity contribution in [2.45, 2.75) is 161 Å². The van der Waals surface area contributed by atoms with Gasteiger partial charge in [-0.15, -0.1) is 34.9 Å². The number of likely N-dealkylation sites (N-methyl/N-ethyl adjacent to an activating group) is 1. The van der Waals surface area contributed by atoms with Gasteiger partial charge in [-0.25, -0.2) is 19.1 Å². The number of hydroxylamine groups is 2. The number of nitrogens with zero attached hydrogens (tertiary/aromatic N) is 4. The van der Waals surface area contributed by atoms with E-state index in [0.29, 0.717) is 6.54 Å². The number of thiazole rings is 1. The van der Waals surface area contributed by atoms with Gasteiger partial charge in [0.05, 0.1) is 11.1 Å². The number of urea groups is 1. The summed E-state index contributed by atoms with van der Waals surface area (Å²) in [5.41, 5.74) is 0.304. The quantitative estimate of drug-likeness (QED) is 0.143. The molecular formula is C47H73N8O5S3+. The topological polar surface area (TPSA) is 160 Å². The second kappa shape index (κ2) is 19.4. The molecule has 2 aromatic rings. The third kappa shape index (κ3) is 10.2. The Kier molecular flexibility index (Phi) is 15.3. The summed E-state index contributed by atoms with van der Waals surface area (Å²) in [6, 6.07) is 3.97. The minimum Gasteiger partial charge on any atom is -0.632 e. The van der Waals surface area contributed by atoms with E-state index >= 15 is 9.59 Å². The van der Waals surface area contributed by atoms with Crippen LogP contribution in [0.1, 0.15) is 137 Å². The van der Waals surface area contributed by atoms with Gasteiger partial charge in [0, 0.05) is 59.8 Å². The van der Waals surface area contributed by atoms with Crippen molar-refractivity contribution in [1.82, 2.24) is 30.3 Å². The number of benzene rings is 1. The van der Waals surface area contributed by atoms with E-state index in [1.54, 1.807) is 16.2 Å². The van der Waals surface area contributed by atoms with Crippen LogP contribution >= 0.6 is 34.9 Å². The van der Waals surface area contributed by atoms with Crippen LogP contribution in [0.4, 0.5) is 10.5 Å². The highest BCUT2D eigenvalue weighted by Crippen LogP contribution is 2.55. The van der Waals surface area contributed by atoms with E-state index in [1.807, 2.05) is 124 Å². The van der Waals surface area contributed by atoms with Gasteiger partial charge < -0.3 is 25.8 Å². The lowest BCUT2D eigenvalue weighted by Crippen LogP contribution is -3.20. The average Bonchev–Trinajstić information content (AvgIpc) is 3.87. The number of hydrogen-bond acceptors (Lipinski definition) is 10. The first-order chi connectivity index (χ1) is 29.5. The molecule has 6 unspecified atom stereocenters. The molecule has 3 saturated heterocycles. The van der Waals surface area contributed by atoms with Gasteiger partial charge >= 0.3 is 11.9 Å². The largest absolute Gasteiger partial charge is 0.632 e. The minimum absolute atomic E-state index is 0.0470. The number of carbonyl (C=O) groups excluding carboxylic acids is 4. The van der Waals surface area contributed by atoms with E-state index in [0.717, 1.165) is 59.9 Å². The van der Waals surface area contributed by atoms with Crippen molar-refractivity contribution in [1.29, 1.82) is 0 Å². The second-order valence-corrected chi connectivity index (χ2v) is 25.1. The van der Waals surface area contributed by atoms with E-state index in [-0.39, 0.29) is 67.5 Å². The van der Waals surface area contributed by atoms with E-state index in [2.05, 4.69) is 35.0 Å². The number of nitrogens with one attached hydrogen (secondary N) is 4. The standard InChI is InChI=1S/C47H72N8O5S3/c1-13-20-47(62-23-16-24-63-47)27-34(42-48-21-25-61-42)55(12)33-18-15-14-17-31(33)30(5)36(43(55)58)50-41(57)37(45(6,7)8)51-39-38(46(9,10)11)54(60)40(28(2)3)49-35(56)26-32-29(4)19-22-53(32)44(59)52-39/h14-15,17-18,21,25,28-30,32,34,36-38,40,54H,13,16,19-20,22-24,26-27H2,1-12H3,(H2-,49,50,51,52,56,57,59)/p+1/t29-,30?,32-,34-,36?,37?,38?,40-,55?/m1/s1. The molecule has 1 aromatic carbocycles. The summed E-state index contributed by atoms with van der Waals surface area (Å²) >= 11 is 5.60. The number of fused-ring (bicyclic) bond motifs is 2. The third-order valence-electron chi connectivity index (χ3n) is 13.8. The number of hydrogen-bond donors (Lipinski definition) is 4. The number of amidine groups is 1. The van der Waals surface area contributed by atoms with Crippen molar-refractivity contribution in [2.24, 2.45) is 27.7 Å². The highest BCUT2D eigenvalue weighted by molar-refractivity contribution is 8.18. The predicted octanol–water partition coefficient (Wildman–Crippen LogP) is 7.24. The maximum atomic E-state index is 15.7. The van der Waals surface area contributed by atoms with Gasteiger partial charge in [0.2, 0.25) is 11.8 Å². The van der Waals surface area contributed by atoms with Crippen molar-refractivity contribution < 1.29 is 24.2 Å². The van der Waals surface area contributed by atoms with Crippen LogP contribution in [-0.2, 0) is 14.4 Å². The van der Waals surface area contributed by atoms with Gasteiger partial charge in [-0.05, 0) is 48.2 Å². The molecule has 63 heavy (non-hydrogen) atoms. The Bertz CT molecular complexity index is 1990. The Morgan fingerprint density at radius 3 is 2.40 bits per heavy atom. The third-order valence-corrected chi connectivity index (χ3v) is 18.2. The maximum Gasteiger partial charge on any atom is 0.342 e. The molecule has 0 aliphatic carbocycles. The molecule has 6 rings (SSSR count). The lowest BCUT2D eigenvalue weighted by molar-refractivity contribution is -0.904. The van der Waals surface area contributed by atoms with Crippen molar-refractivity contribution >= 4 is 70.1 Å². The monoisotopic (exact) mass is 925 g/mol. The first kappa shape index (κ1) is 49.4. The summed E-state index contributed by atoms with van der Waals surface area (Å²) in [5.74, 6) is 0.820. The molecule has 0 radical (unpaired) electrons. The Morgan fingerprint density at radius 2 is 1.79 bits per heavy atom. The number of thioether (sulfide) groups is 2. The minimum atomic E-state index is -1.12. The zero-order valence-electron chi connectivity index (χ0n) is 39.6. The Morgan fingerprint density at radius 1 is 1.11 bits per heavy atom. The normalized spacial score (nSPS) is 31.1. The van der Waals surface area contributed by atoms with Crippen LogP contribution in [0, 0.1) is 27.9 Å². The van der Waals surface area contributed by atoms with Crippen molar-refractivity contribution in [2.75, 3.05) is 25.1 Å². The summed E-state index contributed by atoms with van der Waals surface area (Å²) in [5, 5.41) is 26.8. The fraction of sp³-hybridized carbons (Fsp3) is 0.702. The van der Waals surface area contributed by atoms with E-state index in [1.165, 1.54) is 0 Å². The molecule has 0 saturated carbocycles. The number of rotatable bonds is 10. The Balaban J connectivity index is 1.45. The first-order valence-electron chi connectivity index (χ1n) is 23.0. The van der Waals surface area contributed by atoms with Crippen molar-refractivity contribution in [3.8, 4) is 0 Å². The van der Waals surface area contributed by atoms with Crippen LogP contribution in [-0.4, -0.2) is 99.0 Å². The van der Waals surface area contributed by atoms with Gasteiger partial charge in [-0.2, -0.15) is 0 Å². The summed E-state index contributed by atoms with van der Waals surface area (Å²) in [4.78, 5) is 70.6. The molecule has 0 bridgehead atoms. The van der Waals surface area contributed by atoms with Gasteiger partial charge in [-0.3, -0.25) is 19.9 Å². The summed E-state index contributed by atoms with van der Waals surface area (Å²) in [7, 11) is 2.01. The van der Waals surface area contributed by atoms with Crippen LogP contribution in [0.25, 0.3) is 0 Å². The molecule has 1 aromatic heterocycles. The summed E-state index contributed by atoms with van der Waals surface area (Å²) < 4.78 is -0.131. The van der Waals surface area contributed by atoms with Crippen LogP contribution in [0.3, 0.4) is 0 Å². The number of para-hydroxylation sites is 1. The maximum absolute atomic E-state index is 15.7. The number of quaternary nitrogens is 2. The van der Waals surface area contributed by atoms with Gasteiger partial charge in [-0.1, -0.05) is 101 Å². The zero-order valence-corrected chi connectivity index (χ0v) is 42.0. The molecule has 10 atom stereocenters. The lowest BCUT2D eigenvalue weighted by Gasteiger charge is -2.48. The highest BCUT2D eigenvalue weighted by atomic mass is 32.2. The molecule has 3 fully saturated rings. The molecule has 4 aliphatic rings. The number of amides is 5. The molecule has 4 aliphatic heterocycles. The Hall–Kier alpha value is -3.02. The highest BCUT2D eigenvalue weighted by Gasteiger charge is 2.57. The van der Waals surface area contributed by atoms with E-state index in [9.17, 15) is 14.8 Å². The Labute approximate surface area is 388 Å². The fourth-order valence-corrected chi connectivity index (χ4v) is 14.7. The first-order valence-corrected chi connectivity index (χ1v) is 25.8. The van der Waals surface area contributed by atoms with Crippen LogP contribution in [0.5, 0.6) is 0 Å². The average molecular weight is 926 g/mol. The summed E-state index contributed by atoms with van der Waals surface area (Å²) in [6.07, 6.45) is 5.72. The van der Waals surface area contributed by atoms with Crippen LogP contribution in [0.15, 0.2) is 40.8 Å². The molecule has 13 nitrogen and oxygen atoms in total.